The first kappa shape index (κ1) is 18.4. The maximum atomic E-state index is 11.2. The van der Waals surface area contributed by atoms with Crippen LogP contribution in [0.1, 0.15) is 25.1 Å². The number of aromatic nitrogens is 4. The van der Waals surface area contributed by atoms with Crippen molar-refractivity contribution >= 4 is 32.3 Å². The van der Waals surface area contributed by atoms with E-state index < -0.39 is 9.84 Å². The summed E-state index contributed by atoms with van der Waals surface area (Å²) in [5, 5.41) is 11.7. The van der Waals surface area contributed by atoms with Crippen LogP contribution >= 0.6 is 0 Å². The second kappa shape index (κ2) is 7.45. The molecule has 2 aromatic heterocycles. The van der Waals surface area contributed by atoms with E-state index in [9.17, 15) is 8.42 Å². The number of sulfone groups is 1. The van der Waals surface area contributed by atoms with E-state index in [1.54, 1.807) is 7.11 Å². The number of fused-ring (bicyclic) bond motifs is 3. The summed E-state index contributed by atoms with van der Waals surface area (Å²) in [4.78, 5) is 4.67. The Labute approximate surface area is 152 Å². The van der Waals surface area contributed by atoms with E-state index >= 15 is 0 Å². The third kappa shape index (κ3) is 4.04. The fourth-order valence-electron chi connectivity index (χ4n) is 2.87. The Hall–Kier alpha value is -2.42. The highest BCUT2D eigenvalue weighted by molar-refractivity contribution is 7.90. The molecule has 26 heavy (non-hydrogen) atoms. The van der Waals surface area contributed by atoms with Gasteiger partial charge in [-0.2, -0.15) is 0 Å². The van der Waals surface area contributed by atoms with Crippen molar-refractivity contribution in [2.75, 3.05) is 31.0 Å². The second-order valence-corrected chi connectivity index (χ2v) is 8.60. The molecule has 140 valence electrons. The highest BCUT2D eigenvalue weighted by Gasteiger charge is 2.13. The lowest BCUT2D eigenvalue weighted by Gasteiger charge is -2.10. The Balaban J connectivity index is 1.78. The number of nitrogens with one attached hydrogen (secondary N) is 1. The predicted octanol–water partition coefficient (Wildman–Crippen LogP) is 2.22. The molecule has 0 aliphatic heterocycles. The van der Waals surface area contributed by atoms with E-state index in [4.69, 9.17) is 4.74 Å². The zero-order chi connectivity index (χ0) is 18.7. The molecule has 0 radical (unpaired) electrons. The highest BCUT2D eigenvalue weighted by atomic mass is 32.2. The minimum atomic E-state index is -2.89. The summed E-state index contributed by atoms with van der Waals surface area (Å²) in [5.41, 5.74) is 2.39. The van der Waals surface area contributed by atoms with Crippen LogP contribution in [0.15, 0.2) is 18.2 Å². The number of anilines is 1. The van der Waals surface area contributed by atoms with Gasteiger partial charge in [0.15, 0.2) is 5.82 Å². The summed E-state index contributed by atoms with van der Waals surface area (Å²) in [5.74, 6) is 2.42. The van der Waals surface area contributed by atoms with Gasteiger partial charge in [0.2, 0.25) is 5.65 Å². The molecule has 0 spiro atoms. The topological polar surface area (TPSA) is 98.5 Å². The van der Waals surface area contributed by atoms with Crippen molar-refractivity contribution in [3.8, 4) is 5.75 Å². The molecule has 3 aromatic rings. The van der Waals surface area contributed by atoms with Crippen LogP contribution < -0.4 is 10.1 Å². The van der Waals surface area contributed by atoms with Crippen LogP contribution in [0.4, 0.5) is 5.82 Å². The van der Waals surface area contributed by atoms with Gasteiger partial charge < -0.3 is 10.1 Å². The smallest absolute Gasteiger partial charge is 0.204 e. The van der Waals surface area contributed by atoms with Crippen LogP contribution in [0.2, 0.25) is 0 Å². The van der Waals surface area contributed by atoms with E-state index in [1.807, 2.05) is 29.5 Å². The van der Waals surface area contributed by atoms with Crippen molar-refractivity contribution in [1.82, 2.24) is 19.6 Å². The van der Waals surface area contributed by atoms with Gasteiger partial charge in [0.1, 0.15) is 21.4 Å². The average Bonchev–Trinajstić information content (AvgIpc) is 2.98. The van der Waals surface area contributed by atoms with E-state index in [-0.39, 0.29) is 5.75 Å². The van der Waals surface area contributed by atoms with Gasteiger partial charge in [-0.25, -0.2) is 13.4 Å². The number of nitrogens with zero attached hydrogens (tertiary/aromatic N) is 4. The van der Waals surface area contributed by atoms with Crippen molar-refractivity contribution < 1.29 is 13.2 Å². The van der Waals surface area contributed by atoms with Gasteiger partial charge in [-0.05, 0) is 31.9 Å². The van der Waals surface area contributed by atoms with Gasteiger partial charge in [0.05, 0.1) is 18.1 Å². The van der Waals surface area contributed by atoms with Crippen LogP contribution in [0.25, 0.3) is 16.7 Å². The molecule has 0 amide bonds. The van der Waals surface area contributed by atoms with Gasteiger partial charge in [-0.15, -0.1) is 10.2 Å². The number of hydrogen-bond donors (Lipinski definition) is 1. The lowest BCUT2D eigenvalue weighted by molar-refractivity contribution is 0.415. The van der Waals surface area contributed by atoms with Gasteiger partial charge in [0.25, 0.3) is 0 Å². The molecule has 0 atom stereocenters. The maximum absolute atomic E-state index is 11.2. The minimum Gasteiger partial charge on any atom is -0.497 e. The van der Waals surface area contributed by atoms with E-state index in [0.29, 0.717) is 24.4 Å². The van der Waals surface area contributed by atoms with Crippen molar-refractivity contribution in [3.05, 3.63) is 24.0 Å². The minimum absolute atomic E-state index is 0.231. The molecular formula is C17H23N5O3S. The molecule has 1 N–H and O–H groups in total. The molecule has 0 aliphatic rings. The highest BCUT2D eigenvalue weighted by Crippen LogP contribution is 2.25. The molecule has 0 saturated carbocycles. The van der Waals surface area contributed by atoms with Crippen molar-refractivity contribution in [1.29, 1.82) is 0 Å². The molecule has 9 heteroatoms. The third-order valence-electron chi connectivity index (χ3n) is 4.18. The van der Waals surface area contributed by atoms with E-state index in [2.05, 4.69) is 20.5 Å². The standard InChI is InChI=1S/C17H23N5O3S/c1-12-20-21-17-16(18-9-5-4-6-10-26(3,23)24)19-14-11-13(25-2)7-8-15(14)22(12)17/h7-8,11H,4-6,9-10H2,1-3H3,(H,18,19). The lowest BCUT2D eigenvalue weighted by Crippen LogP contribution is -2.08. The van der Waals surface area contributed by atoms with Gasteiger partial charge in [-0.1, -0.05) is 6.42 Å². The van der Waals surface area contributed by atoms with Gasteiger partial charge in [0, 0.05) is 24.6 Å². The number of unbranched alkanes of at least 4 members (excludes halogenated alkanes) is 2. The number of rotatable bonds is 8. The Morgan fingerprint density at radius 1 is 1.19 bits per heavy atom. The second-order valence-electron chi connectivity index (χ2n) is 6.34. The Kier molecular flexibility index (Phi) is 5.26. The van der Waals surface area contributed by atoms with Crippen LogP contribution in [0.3, 0.4) is 0 Å². The molecule has 8 nitrogen and oxygen atoms in total. The zero-order valence-electron chi connectivity index (χ0n) is 15.2. The first-order valence-corrected chi connectivity index (χ1v) is 10.6. The first-order valence-electron chi connectivity index (χ1n) is 8.50. The number of benzene rings is 1. The summed E-state index contributed by atoms with van der Waals surface area (Å²) in [7, 11) is -1.26. The van der Waals surface area contributed by atoms with Gasteiger partial charge in [-0.3, -0.25) is 4.40 Å². The summed E-state index contributed by atoms with van der Waals surface area (Å²) in [6, 6.07) is 5.71. The molecule has 0 fully saturated rings. The van der Waals surface area contributed by atoms with Crippen LogP contribution in [-0.4, -0.2) is 53.7 Å². The zero-order valence-corrected chi connectivity index (χ0v) is 16.0. The average molecular weight is 377 g/mol. The van der Waals surface area contributed by atoms with Crippen LogP contribution in [-0.2, 0) is 9.84 Å². The summed E-state index contributed by atoms with van der Waals surface area (Å²) < 4.78 is 29.6. The number of hydrogen-bond acceptors (Lipinski definition) is 7. The Bertz CT molecular complexity index is 1030. The quantitative estimate of drug-likeness (QED) is 0.601. The molecule has 3 rings (SSSR count). The molecule has 0 aliphatic carbocycles. The molecule has 2 heterocycles. The first-order chi connectivity index (χ1) is 12.4. The van der Waals surface area contributed by atoms with Crippen LogP contribution in [0.5, 0.6) is 5.75 Å². The molecule has 1 aromatic carbocycles. The van der Waals surface area contributed by atoms with E-state index in [0.717, 1.165) is 35.4 Å². The third-order valence-corrected chi connectivity index (χ3v) is 5.21. The summed E-state index contributed by atoms with van der Waals surface area (Å²) >= 11 is 0. The largest absolute Gasteiger partial charge is 0.497 e. The molecule has 0 bridgehead atoms. The van der Waals surface area contributed by atoms with Crippen molar-refractivity contribution in [2.45, 2.75) is 26.2 Å². The van der Waals surface area contributed by atoms with E-state index in [1.165, 1.54) is 6.26 Å². The van der Waals surface area contributed by atoms with Crippen molar-refractivity contribution in [3.63, 3.8) is 0 Å². The monoisotopic (exact) mass is 377 g/mol. The number of ether oxygens (including phenoxy) is 1. The molecular weight excluding hydrogens is 354 g/mol. The fraction of sp³-hybridized carbons (Fsp3) is 0.471. The predicted molar refractivity (Wildman–Crippen MR) is 102 cm³/mol. The Morgan fingerprint density at radius 3 is 2.73 bits per heavy atom. The lowest BCUT2D eigenvalue weighted by atomic mass is 10.2. The molecule has 0 unspecified atom stereocenters. The SMILES string of the molecule is COc1ccc2c(c1)nc(NCCCCCS(C)(=O)=O)c1nnc(C)n12. The molecule has 0 saturated heterocycles. The summed E-state index contributed by atoms with van der Waals surface area (Å²) in [6.07, 6.45) is 3.63. The summed E-state index contributed by atoms with van der Waals surface area (Å²) in [6.45, 7) is 2.59. The fourth-order valence-corrected chi connectivity index (χ4v) is 3.60. The normalized spacial score (nSPS) is 12.0. The van der Waals surface area contributed by atoms with Gasteiger partial charge >= 0.3 is 0 Å². The van der Waals surface area contributed by atoms with Crippen LogP contribution in [0, 0.1) is 6.92 Å². The Morgan fingerprint density at radius 2 is 2.00 bits per heavy atom. The number of aryl methyl sites for hydroxylation is 1. The van der Waals surface area contributed by atoms with Crippen molar-refractivity contribution in [2.24, 2.45) is 0 Å². The number of methoxy groups -OCH3 is 1. The maximum Gasteiger partial charge on any atom is 0.204 e.